The smallest absolute Gasteiger partial charge is 0.225 e. The molecule has 0 saturated heterocycles. The number of hydrogen-bond donors (Lipinski definition) is 2. The van der Waals surface area contributed by atoms with Crippen LogP contribution < -0.4 is 10.6 Å². The van der Waals surface area contributed by atoms with E-state index in [9.17, 15) is 4.79 Å². The molecule has 2 heterocycles. The van der Waals surface area contributed by atoms with Crippen molar-refractivity contribution in [2.24, 2.45) is 0 Å². The molecule has 1 amide bonds. The zero-order chi connectivity index (χ0) is 14.4. The van der Waals surface area contributed by atoms with E-state index in [1.807, 2.05) is 24.4 Å². The minimum absolute atomic E-state index is 0.0215. The molecule has 6 nitrogen and oxygen atoms in total. The van der Waals surface area contributed by atoms with Crippen molar-refractivity contribution >= 4 is 11.6 Å². The summed E-state index contributed by atoms with van der Waals surface area (Å²) in [6.07, 6.45) is 5.58. The molecular weight excluding hydrogens is 254 g/mol. The van der Waals surface area contributed by atoms with Gasteiger partial charge in [-0.25, -0.2) is 9.67 Å². The summed E-state index contributed by atoms with van der Waals surface area (Å²) in [6.45, 7) is 4.77. The zero-order valence-electron chi connectivity index (χ0n) is 11.7. The van der Waals surface area contributed by atoms with Gasteiger partial charge in [-0.15, -0.1) is 0 Å². The highest BCUT2D eigenvalue weighted by Crippen LogP contribution is 2.09. The molecule has 0 spiro atoms. The van der Waals surface area contributed by atoms with Crippen molar-refractivity contribution in [3.8, 4) is 5.82 Å². The van der Waals surface area contributed by atoms with E-state index < -0.39 is 0 Å². The average molecular weight is 273 g/mol. The number of nitrogens with zero attached hydrogens (tertiary/aromatic N) is 3. The lowest BCUT2D eigenvalue weighted by atomic mass is 10.3. The number of hydrogen-bond acceptors (Lipinski definition) is 4. The Kier molecular flexibility index (Phi) is 4.84. The Morgan fingerprint density at radius 2 is 2.25 bits per heavy atom. The first-order valence-electron chi connectivity index (χ1n) is 6.64. The summed E-state index contributed by atoms with van der Waals surface area (Å²) < 4.78 is 1.66. The van der Waals surface area contributed by atoms with Crippen molar-refractivity contribution in [3.63, 3.8) is 0 Å². The number of pyridine rings is 1. The van der Waals surface area contributed by atoms with Crippen LogP contribution in [0.2, 0.25) is 0 Å². The third-order valence-corrected chi connectivity index (χ3v) is 2.68. The van der Waals surface area contributed by atoms with Crippen LogP contribution in [-0.4, -0.2) is 33.3 Å². The highest BCUT2D eigenvalue weighted by atomic mass is 16.1. The molecule has 2 N–H and O–H groups in total. The van der Waals surface area contributed by atoms with Crippen LogP contribution in [-0.2, 0) is 4.79 Å². The van der Waals surface area contributed by atoms with Gasteiger partial charge in [0.15, 0.2) is 5.82 Å². The summed E-state index contributed by atoms with van der Waals surface area (Å²) in [5.41, 5.74) is 0.690. The summed E-state index contributed by atoms with van der Waals surface area (Å²) in [5, 5.41) is 10.1. The number of aromatic nitrogens is 3. The summed E-state index contributed by atoms with van der Waals surface area (Å²) in [5.74, 6) is 0.696. The molecule has 0 aromatic carbocycles. The van der Waals surface area contributed by atoms with Crippen LogP contribution in [0.25, 0.3) is 5.82 Å². The SMILES string of the molecule is CC(C)NCCC(=O)Nc1ccc(-n2cccn2)nc1. The van der Waals surface area contributed by atoms with E-state index in [4.69, 9.17) is 0 Å². The Hall–Kier alpha value is -2.21. The van der Waals surface area contributed by atoms with Gasteiger partial charge in [0.2, 0.25) is 5.91 Å². The van der Waals surface area contributed by atoms with Crippen LogP contribution in [0.3, 0.4) is 0 Å². The number of rotatable bonds is 6. The van der Waals surface area contributed by atoms with Gasteiger partial charge in [-0.3, -0.25) is 4.79 Å². The quantitative estimate of drug-likeness (QED) is 0.838. The van der Waals surface area contributed by atoms with E-state index in [0.29, 0.717) is 24.7 Å². The molecule has 0 fully saturated rings. The molecule has 0 aliphatic heterocycles. The lowest BCUT2D eigenvalue weighted by molar-refractivity contribution is -0.116. The molecule has 0 saturated carbocycles. The predicted molar refractivity (Wildman–Crippen MR) is 77.7 cm³/mol. The van der Waals surface area contributed by atoms with E-state index in [-0.39, 0.29) is 5.91 Å². The minimum atomic E-state index is -0.0215. The Bertz CT molecular complexity index is 533. The monoisotopic (exact) mass is 273 g/mol. The van der Waals surface area contributed by atoms with Crippen LogP contribution in [0.1, 0.15) is 20.3 Å². The van der Waals surface area contributed by atoms with E-state index in [2.05, 4.69) is 34.6 Å². The normalized spacial score (nSPS) is 10.8. The van der Waals surface area contributed by atoms with Crippen LogP contribution in [0, 0.1) is 0 Å². The first kappa shape index (κ1) is 14.2. The second-order valence-electron chi connectivity index (χ2n) is 4.76. The van der Waals surface area contributed by atoms with Crippen molar-refractivity contribution in [1.82, 2.24) is 20.1 Å². The third kappa shape index (κ3) is 4.17. The highest BCUT2D eigenvalue weighted by Gasteiger charge is 2.04. The standard InChI is InChI=1S/C14H19N5O/c1-11(2)15-8-6-14(20)18-12-4-5-13(16-10-12)19-9-3-7-17-19/h3-5,7,9-11,15H,6,8H2,1-2H3,(H,18,20). The number of amides is 1. The molecule has 106 valence electrons. The van der Waals surface area contributed by atoms with E-state index in [0.717, 1.165) is 5.82 Å². The number of nitrogens with one attached hydrogen (secondary N) is 2. The molecule has 0 atom stereocenters. The van der Waals surface area contributed by atoms with Gasteiger partial charge in [0.1, 0.15) is 0 Å². The lowest BCUT2D eigenvalue weighted by Gasteiger charge is -2.08. The first-order chi connectivity index (χ1) is 9.65. The summed E-state index contributed by atoms with van der Waals surface area (Å²) in [4.78, 5) is 16.0. The fraction of sp³-hybridized carbons (Fsp3) is 0.357. The van der Waals surface area contributed by atoms with Gasteiger partial charge in [0.05, 0.1) is 11.9 Å². The van der Waals surface area contributed by atoms with Gasteiger partial charge >= 0.3 is 0 Å². The maximum absolute atomic E-state index is 11.7. The first-order valence-corrected chi connectivity index (χ1v) is 6.64. The van der Waals surface area contributed by atoms with Gasteiger partial charge in [-0.05, 0) is 18.2 Å². The van der Waals surface area contributed by atoms with Gasteiger partial charge in [-0.1, -0.05) is 13.8 Å². The second-order valence-corrected chi connectivity index (χ2v) is 4.76. The van der Waals surface area contributed by atoms with Crippen molar-refractivity contribution in [2.75, 3.05) is 11.9 Å². The average Bonchev–Trinajstić information content (AvgIpc) is 2.93. The number of anilines is 1. The molecule has 2 rings (SSSR count). The Labute approximate surface area is 118 Å². The van der Waals surface area contributed by atoms with Crippen molar-refractivity contribution in [2.45, 2.75) is 26.3 Å². The number of carbonyl (C=O) groups excluding carboxylic acids is 1. The van der Waals surface area contributed by atoms with Crippen LogP contribution >= 0.6 is 0 Å². The molecular formula is C14H19N5O. The fourth-order valence-corrected chi connectivity index (χ4v) is 1.70. The molecule has 0 bridgehead atoms. The van der Waals surface area contributed by atoms with Gasteiger partial charge in [-0.2, -0.15) is 5.10 Å². The van der Waals surface area contributed by atoms with Crippen molar-refractivity contribution < 1.29 is 4.79 Å². The predicted octanol–water partition coefficient (Wildman–Crippen LogP) is 1.59. The van der Waals surface area contributed by atoms with Crippen LogP contribution in [0.5, 0.6) is 0 Å². The van der Waals surface area contributed by atoms with Crippen molar-refractivity contribution in [3.05, 3.63) is 36.8 Å². The molecule has 20 heavy (non-hydrogen) atoms. The van der Waals surface area contributed by atoms with E-state index >= 15 is 0 Å². The highest BCUT2D eigenvalue weighted by molar-refractivity contribution is 5.90. The lowest BCUT2D eigenvalue weighted by Crippen LogP contribution is -2.27. The summed E-state index contributed by atoms with van der Waals surface area (Å²) in [6, 6.07) is 5.85. The van der Waals surface area contributed by atoms with Crippen molar-refractivity contribution in [1.29, 1.82) is 0 Å². The molecule has 0 aliphatic rings. The molecule has 0 radical (unpaired) electrons. The third-order valence-electron chi connectivity index (χ3n) is 2.68. The summed E-state index contributed by atoms with van der Waals surface area (Å²) in [7, 11) is 0. The van der Waals surface area contributed by atoms with E-state index in [1.165, 1.54) is 0 Å². The van der Waals surface area contributed by atoms with Gasteiger partial charge < -0.3 is 10.6 Å². The topological polar surface area (TPSA) is 71.8 Å². The molecule has 2 aromatic heterocycles. The van der Waals surface area contributed by atoms with Gasteiger partial charge in [0, 0.05) is 31.4 Å². The Morgan fingerprint density at radius 1 is 1.40 bits per heavy atom. The minimum Gasteiger partial charge on any atom is -0.325 e. The van der Waals surface area contributed by atoms with Gasteiger partial charge in [0.25, 0.3) is 0 Å². The van der Waals surface area contributed by atoms with E-state index in [1.54, 1.807) is 17.1 Å². The fourth-order valence-electron chi connectivity index (χ4n) is 1.70. The second kappa shape index (κ2) is 6.81. The summed E-state index contributed by atoms with van der Waals surface area (Å²) >= 11 is 0. The van der Waals surface area contributed by atoms with Crippen LogP contribution in [0.4, 0.5) is 5.69 Å². The Balaban J connectivity index is 1.86. The Morgan fingerprint density at radius 3 is 2.85 bits per heavy atom. The zero-order valence-corrected chi connectivity index (χ0v) is 11.7. The number of carbonyl (C=O) groups is 1. The molecule has 2 aromatic rings. The maximum atomic E-state index is 11.7. The van der Waals surface area contributed by atoms with Crippen LogP contribution in [0.15, 0.2) is 36.8 Å². The molecule has 0 unspecified atom stereocenters. The maximum Gasteiger partial charge on any atom is 0.225 e. The molecule has 0 aliphatic carbocycles. The molecule has 6 heteroatoms. The largest absolute Gasteiger partial charge is 0.325 e.